The van der Waals surface area contributed by atoms with E-state index in [1.807, 2.05) is 11.3 Å². The fourth-order valence-corrected chi connectivity index (χ4v) is 3.18. The molecule has 2 aliphatic rings. The first-order valence-corrected chi connectivity index (χ1v) is 6.92. The summed E-state index contributed by atoms with van der Waals surface area (Å²) in [5.41, 5.74) is 1.21. The molecule has 0 aromatic carbocycles. The van der Waals surface area contributed by atoms with Crippen LogP contribution in [0.3, 0.4) is 0 Å². The van der Waals surface area contributed by atoms with Crippen LogP contribution in [0, 0.1) is 6.92 Å². The Morgan fingerprint density at radius 2 is 2.31 bits per heavy atom. The summed E-state index contributed by atoms with van der Waals surface area (Å²) in [5, 5.41) is 4.84. The molecule has 3 nitrogen and oxygen atoms in total. The number of rotatable bonds is 4. The average molecular weight is 238 g/mol. The largest absolute Gasteiger partial charge is 0.381 e. The molecule has 0 bridgehead atoms. The molecular formula is C12H18N2OS. The van der Waals surface area contributed by atoms with Crippen LogP contribution in [0.5, 0.6) is 0 Å². The Kier molecular flexibility index (Phi) is 2.96. The van der Waals surface area contributed by atoms with E-state index in [1.165, 1.54) is 28.4 Å². The Labute approximate surface area is 100 Å². The SMILES string of the molecule is Cc1nc(C2CCOC2)sc1CNC1CC1. The van der Waals surface area contributed by atoms with Crippen molar-refractivity contribution in [2.75, 3.05) is 13.2 Å². The normalized spacial score (nSPS) is 25.2. The minimum absolute atomic E-state index is 0.554. The third-order valence-electron chi connectivity index (χ3n) is 3.32. The Balaban J connectivity index is 1.67. The van der Waals surface area contributed by atoms with Gasteiger partial charge in [0.2, 0.25) is 0 Å². The van der Waals surface area contributed by atoms with Gasteiger partial charge in [0.1, 0.15) is 0 Å². The molecule has 0 amide bonds. The Hall–Kier alpha value is -0.450. The van der Waals surface area contributed by atoms with E-state index in [-0.39, 0.29) is 0 Å². The predicted molar refractivity (Wildman–Crippen MR) is 64.9 cm³/mol. The highest BCUT2D eigenvalue weighted by atomic mass is 32.1. The summed E-state index contributed by atoms with van der Waals surface area (Å²) in [4.78, 5) is 6.10. The summed E-state index contributed by atoms with van der Waals surface area (Å²) in [5.74, 6) is 0.554. The van der Waals surface area contributed by atoms with Crippen molar-refractivity contribution < 1.29 is 4.74 Å². The molecule has 3 rings (SSSR count). The summed E-state index contributed by atoms with van der Waals surface area (Å²) in [7, 11) is 0. The maximum Gasteiger partial charge on any atom is 0.0986 e. The predicted octanol–water partition coefficient (Wildman–Crippen LogP) is 2.21. The number of hydrogen-bond donors (Lipinski definition) is 1. The van der Waals surface area contributed by atoms with Crippen LogP contribution in [0.1, 0.15) is 40.8 Å². The van der Waals surface area contributed by atoms with Gasteiger partial charge in [-0.05, 0) is 26.2 Å². The van der Waals surface area contributed by atoms with E-state index in [0.717, 1.165) is 32.2 Å². The summed E-state index contributed by atoms with van der Waals surface area (Å²) < 4.78 is 5.42. The van der Waals surface area contributed by atoms with Gasteiger partial charge in [0.05, 0.1) is 17.3 Å². The van der Waals surface area contributed by atoms with Crippen LogP contribution >= 0.6 is 11.3 Å². The van der Waals surface area contributed by atoms with Gasteiger partial charge in [0, 0.05) is 30.0 Å². The van der Waals surface area contributed by atoms with Gasteiger partial charge in [-0.2, -0.15) is 0 Å². The molecule has 88 valence electrons. The van der Waals surface area contributed by atoms with E-state index < -0.39 is 0 Å². The van der Waals surface area contributed by atoms with Crippen LogP contribution in [-0.4, -0.2) is 24.2 Å². The van der Waals surface area contributed by atoms with Gasteiger partial charge in [0.25, 0.3) is 0 Å². The molecule has 1 N–H and O–H groups in total. The molecule has 1 aromatic rings. The number of thiazole rings is 1. The van der Waals surface area contributed by atoms with Gasteiger partial charge in [-0.1, -0.05) is 0 Å². The fraction of sp³-hybridized carbons (Fsp3) is 0.750. The van der Waals surface area contributed by atoms with Gasteiger partial charge in [0.15, 0.2) is 0 Å². The van der Waals surface area contributed by atoms with Crippen molar-refractivity contribution in [2.24, 2.45) is 0 Å². The van der Waals surface area contributed by atoms with Crippen molar-refractivity contribution >= 4 is 11.3 Å². The highest BCUT2D eigenvalue weighted by Crippen LogP contribution is 2.31. The standard InChI is InChI=1S/C12H18N2OS/c1-8-11(6-13-10-2-3-10)16-12(14-8)9-4-5-15-7-9/h9-10,13H,2-7H2,1H3. The maximum absolute atomic E-state index is 5.42. The number of hydrogen-bond acceptors (Lipinski definition) is 4. The Morgan fingerprint density at radius 1 is 1.44 bits per heavy atom. The second-order valence-electron chi connectivity index (χ2n) is 4.78. The van der Waals surface area contributed by atoms with E-state index >= 15 is 0 Å². The van der Waals surface area contributed by atoms with Crippen molar-refractivity contribution in [1.82, 2.24) is 10.3 Å². The zero-order chi connectivity index (χ0) is 11.0. The Bertz CT molecular complexity index is 367. The number of nitrogens with one attached hydrogen (secondary N) is 1. The molecule has 1 unspecified atom stereocenters. The molecule has 0 radical (unpaired) electrons. The van der Waals surface area contributed by atoms with Gasteiger partial charge >= 0.3 is 0 Å². The first-order valence-electron chi connectivity index (χ1n) is 6.10. The summed E-state index contributed by atoms with van der Waals surface area (Å²) in [6.07, 6.45) is 3.84. The highest BCUT2D eigenvalue weighted by Gasteiger charge is 2.24. The third kappa shape index (κ3) is 2.29. The van der Waals surface area contributed by atoms with Crippen LogP contribution in [0.25, 0.3) is 0 Å². The van der Waals surface area contributed by atoms with Crippen LogP contribution in [0.2, 0.25) is 0 Å². The first-order chi connectivity index (χ1) is 7.83. The van der Waals surface area contributed by atoms with E-state index in [9.17, 15) is 0 Å². The lowest BCUT2D eigenvalue weighted by Gasteiger charge is -2.01. The van der Waals surface area contributed by atoms with Crippen LogP contribution < -0.4 is 5.32 Å². The zero-order valence-electron chi connectivity index (χ0n) is 9.66. The molecule has 1 saturated heterocycles. The van der Waals surface area contributed by atoms with Crippen molar-refractivity contribution in [2.45, 2.75) is 44.7 Å². The highest BCUT2D eigenvalue weighted by molar-refractivity contribution is 7.11. The molecule has 1 atom stereocenters. The van der Waals surface area contributed by atoms with Crippen LogP contribution in [0.4, 0.5) is 0 Å². The molecule has 16 heavy (non-hydrogen) atoms. The van der Waals surface area contributed by atoms with Gasteiger partial charge < -0.3 is 10.1 Å². The van der Waals surface area contributed by atoms with Crippen molar-refractivity contribution in [3.05, 3.63) is 15.6 Å². The second-order valence-corrected chi connectivity index (χ2v) is 5.89. The third-order valence-corrected chi connectivity index (χ3v) is 4.64. The minimum Gasteiger partial charge on any atom is -0.381 e. The number of ether oxygens (including phenoxy) is 1. The van der Waals surface area contributed by atoms with E-state index in [2.05, 4.69) is 17.2 Å². The molecule has 1 saturated carbocycles. The van der Waals surface area contributed by atoms with Gasteiger partial charge in [-0.3, -0.25) is 0 Å². The lowest BCUT2D eigenvalue weighted by Crippen LogP contribution is -2.14. The fourth-order valence-electron chi connectivity index (χ4n) is 2.04. The molecule has 1 aliphatic heterocycles. The number of aryl methyl sites for hydroxylation is 1. The van der Waals surface area contributed by atoms with Crippen LogP contribution in [0.15, 0.2) is 0 Å². The number of nitrogens with zero attached hydrogens (tertiary/aromatic N) is 1. The van der Waals surface area contributed by atoms with Crippen molar-refractivity contribution in [3.63, 3.8) is 0 Å². The maximum atomic E-state index is 5.42. The lowest BCUT2D eigenvalue weighted by atomic mass is 10.1. The zero-order valence-corrected chi connectivity index (χ0v) is 10.5. The smallest absolute Gasteiger partial charge is 0.0986 e. The van der Waals surface area contributed by atoms with E-state index in [0.29, 0.717) is 5.92 Å². The lowest BCUT2D eigenvalue weighted by molar-refractivity contribution is 0.194. The quantitative estimate of drug-likeness (QED) is 0.873. The molecule has 2 fully saturated rings. The summed E-state index contributed by atoms with van der Waals surface area (Å²) in [6, 6.07) is 0.778. The first kappa shape index (κ1) is 10.7. The van der Waals surface area contributed by atoms with Crippen LogP contribution in [-0.2, 0) is 11.3 Å². The second kappa shape index (κ2) is 4.43. The number of aromatic nitrogens is 1. The molecule has 0 spiro atoms. The minimum atomic E-state index is 0.554. The molecule has 2 heterocycles. The topological polar surface area (TPSA) is 34.1 Å². The van der Waals surface area contributed by atoms with Crippen molar-refractivity contribution in [1.29, 1.82) is 0 Å². The van der Waals surface area contributed by atoms with Crippen molar-refractivity contribution in [3.8, 4) is 0 Å². The van der Waals surface area contributed by atoms with Gasteiger partial charge in [-0.15, -0.1) is 11.3 Å². The summed E-state index contributed by atoms with van der Waals surface area (Å²) in [6.45, 7) is 4.89. The molecular weight excluding hydrogens is 220 g/mol. The molecule has 4 heteroatoms. The van der Waals surface area contributed by atoms with E-state index in [1.54, 1.807) is 0 Å². The monoisotopic (exact) mass is 238 g/mol. The van der Waals surface area contributed by atoms with Gasteiger partial charge in [-0.25, -0.2) is 4.98 Å². The molecule has 1 aromatic heterocycles. The average Bonchev–Trinajstić information content (AvgIpc) is 2.80. The Morgan fingerprint density at radius 3 is 3.00 bits per heavy atom. The molecule has 1 aliphatic carbocycles. The summed E-state index contributed by atoms with van der Waals surface area (Å²) >= 11 is 1.87. The van der Waals surface area contributed by atoms with E-state index in [4.69, 9.17) is 4.74 Å².